The third-order valence-corrected chi connectivity index (χ3v) is 8.53. The number of aliphatic hydroxyl groups excluding tert-OH is 1. The minimum absolute atomic E-state index is 0.0856. The Morgan fingerprint density at radius 3 is 2.60 bits per heavy atom. The topological polar surface area (TPSA) is 40.5 Å². The van der Waals surface area contributed by atoms with Gasteiger partial charge in [0.2, 0.25) is 0 Å². The first-order valence-corrected chi connectivity index (χ1v) is 10.3. The third kappa shape index (κ3) is 2.56. The molecule has 3 nitrogen and oxygen atoms in total. The highest BCUT2D eigenvalue weighted by Crippen LogP contribution is 2.64. The van der Waals surface area contributed by atoms with Gasteiger partial charge in [0, 0.05) is 17.9 Å². The van der Waals surface area contributed by atoms with Gasteiger partial charge >= 0.3 is 0 Å². The van der Waals surface area contributed by atoms with Crippen molar-refractivity contribution in [2.45, 2.75) is 64.9 Å². The molecule has 0 bridgehead atoms. The lowest BCUT2D eigenvalue weighted by molar-refractivity contribution is -0.134. The maximum absolute atomic E-state index is 13.2. The molecule has 4 rings (SSSR count). The molecular weight excluding hydrogens is 310 g/mol. The van der Waals surface area contributed by atoms with Crippen LogP contribution in [-0.2, 0) is 4.79 Å². The lowest BCUT2D eigenvalue weighted by atomic mass is 9.48. The standard InChI is InChI=1S/C22H35NO2/c1-21-9-7-16(24)12-15(21)5-6-17-18(21)8-10-22(2)19(17)11-14(20(22)25)13-23(3)4/h5,14,16-19,24H,6-13H2,1-4H3/t14-,16-,17+,18+,19+,21-,22-/m0/s1. The Morgan fingerprint density at radius 1 is 1.16 bits per heavy atom. The minimum Gasteiger partial charge on any atom is -0.393 e. The SMILES string of the molecule is CN(C)C[C@@H]1C[C@@H]2[C@@H]3CC=C4C[C@@H](O)CC[C@]4(C)[C@@H]3CC[C@]2(C)C1=O. The summed E-state index contributed by atoms with van der Waals surface area (Å²) in [5, 5.41) is 10.1. The predicted octanol–water partition coefficient (Wildman–Crippen LogP) is 3.67. The van der Waals surface area contributed by atoms with E-state index in [1.165, 1.54) is 12.0 Å². The van der Waals surface area contributed by atoms with Crippen molar-refractivity contribution in [2.75, 3.05) is 20.6 Å². The number of rotatable bonds is 2. The van der Waals surface area contributed by atoms with Crippen LogP contribution in [0.15, 0.2) is 11.6 Å². The van der Waals surface area contributed by atoms with Gasteiger partial charge in [-0.2, -0.15) is 0 Å². The summed E-state index contributed by atoms with van der Waals surface area (Å²) < 4.78 is 0. The van der Waals surface area contributed by atoms with Gasteiger partial charge in [0.25, 0.3) is 0 Å². The van der Waals surface area contributed by atoms with Gasteiger partial charge in [0.05, 0.1) is 6.10 Å². The number of hydrogen-bond acceptors (Lipinski definition) is 3. The number of nitrogens with zero attached hydrogens (tertiary/aromatic N) is 1. The van der Waals surface area contributed by atoms with E-state index >= 15 is 0 Å². The van der Waals surface area contributed by atoms with Gasteiger partial charge in [0.15, 0.2) is 0 Å². The van der Waals surface area contributed by atoms with Gasteiger partial charge < -0.3 is 10.0 Å². The van der Waals surface area contributed by atoms with Crippen LogP contribution in [0.25, 0.3) is 0 Å². The molecule has 7 atom stereocenters. The number of aliphatic hydroxyl groups is 1. The summed E-state index contributed by atoms with van der Waals surface area (Å²) in [5.41, 5.74) is 1.70. The van der Waals surface area contributed by atoms with Gasteiger partial charge in [-0.25, -0.2) is 0 Å². The molecule has 0 radical (unpaired) electrons. The summed E-state index contributed by atoms with van der Waals surface area (Å²) in [6.45, 7) is 5.64. The summed E-state index contributed by atoms with van der Waals surface area (Å²) in [6, 6.07) is 0. The highest BCUT2D eigenvalue weighted by molar-refractivity contribution is 5.89. The van der Waals surface area contributed by atoms with Crippen LogP contribution in [-0.4, -0.2) is 42.5 Å². The van der Waals surface area contributed by atoms with Gasteiger partial charge in [-0.3, -0.25) is 4.79 Å². The summed E-state index contributed by atoms with van der Waals surface area (Å²) in [5.74, 6) is 2.71. The summed E-state index contributed by atoms with van der Waals surface area (Å²) in [4.78, 5) is 15.4. The highest BCUT2D eigenvalue weighted by Gasteiger charge is 2.60. The molecule has 0 aromatic carbocycles. The van der Waals surface area contributed by atoms with E-state index < -0.39 is 0 Å². The van der Waals surface area contributed by atoms with Crippen LogP contribution >= 0.6 is 0 Å². The van der Waals surface area contributed by atoms with Crippen molar-refractivity contribution in [3.63, 3.8) is 0 Å². The molecule has 0 aliphatic heterocycles. The molecule has 25 heavy (non-hydrogen) atoms. The molecule has 1 N–H and O–H groups in total. The quantitative estimate of drug-likeness (QED) is 0.776. The molecule has 0 spiro atoms. The fourth-order valence-electron chi connectivity index (χ4n) is 7.18. The van der Waals surface area contributed by atoms with Gasteiger partial charge in [-0.05, 0) is 82.2 Å². The van der Waals surface area contributed by atoms with E-state index in [0.29, 0.717) is 23.5 Å². The van der Waals surface area contributed by atoms with Crippen LogP contribution in [0.1, 0.15) is 58.8 Å². The van der Waals surface area contributed by atoms with E-state index in [1.54, 1.807) is 0 Å². The monoisotopic (exact) mass is 345 g/mol. The smallest absolute Gasteiger partial charge is 0.143 e. The van der Waals surface area contributed by atoms with Crippen molar-refractivity contribution in [2.24, 2.45) is 34.5 Å². The summed E-state index contributed by atoms with van der Waals surface area (Å²) >= 11 is 0. The zero-order chi connectivity index (χ0) is 18.0. The molecule has 4 aliphatic rings. The second kappa shape index (κ2) is 5.92. The second-order valence-electron chi connectivity index (χ2n) is 10.2. The Morgan fingerprint density at radius 2 is 1.88 bits per heavy atom. The summed E-state index contributed by atoms with van der Waals surface area (Å²) in [6.07, 6.45) is 9.77. The molecule has 0 heterocycles. The number of hydrogen-bond donors (Lipinski definition) is 1. The molecule has 0 unspecified atom stereocenters. The third-order valence-electron chi connectivity index (χ3n) is 8.53. The fraction of sp³-hybridized carbons (Fsp3) is 0.864. The molecule has 0 saturated heterocycles. The van der Waals surface area contributed by atoms with Crippen LogP contribution in [0, 0.1) is 34.5 Å². The van der Waals surface area contributed by atoms with Crippen LogP contribution in [0.2, 0.25) is 0 Å². The zero-order valence-corrected chi connectivity index (χ0v) is 16.4. The number of carbonyl (C=O) groups excluding carboxylic acids is 1. The second-order valence-corrected chi connectivity index (χ2v) is 10.2. The number of allylic oxidation sites excluding steroid dienone is 1. The van der Waals surface area contributed by atoms with E-state index in [4.69, 9.17) is 0 Å². The average Bonchev–Trinajstić information content (AvgIpc) is 2.79. The molecule has 3 fully saturated rings. The van der Waals surface area contributed by atoms with E-state index in [1.807, 2.05) is 0 Å². The lowest BCUT2D eigenvalue weighted by Gasteiger charge is -2.56. The fourth-order valence-corrected chi connectivity index (χ4v) is 7.18. The molecular formula is C22H35NO2. The van der Waals surface area contributed by atoms with Crippen molar-refractivity contribution in [1.29, 1.82) is 0 Å². The molecule has 0 aromatic heterocycles. The van der Waals surface area contributed by atoms with Crippen LogP contribution < -0.4 is 0 Å². The van der Waals surface area contributed by atoms with Gasteiger partial charge in [-0.1, -0.05) is 25.5 Å². The van der Waals surface area contributed by atoms with Crippen molar-refractivity contribution in [1.82, 2.24) is 4.90 Å². The molecule has 3 saturated carbocycles. The maximum Gasteiger partial charge on any atom is 0.143 e. The van der Waals surface area contributed by atoms with Crippen molar-refractivity contribution >= 4 is 5.78 Å². The molecule has 0 amide bonds. The molecule has 0 aromatic rings. The average molecular weight is 346 g/mol. The molecule has 3 heteroatoms. The largest absolute Gasteiger partial charge is 0.393 e. The first-order chi connectivity index (χ1) is 11.8. The number of fused-ring (bicyclic) bond motifs is 5. The van der Waals surface area contributed by atoms with Crippen LogP contribution in [0.5, 0.6) is 0 Å². The Labute approximate surface area is 152 Å². The van der Waals surface area contributed by atoms with Gasteiger partial charge in [-0.15, -0.1) is 0 Å². The van der Waals surface area contributed by atoms with Crippen LogP contribution in [0.4, 0.5) is 0 Å². The van der Waals surface area contributed by atoms with Crippen LogP contribution in [0.3, 0.4) is 0 Å². The number of carbonyl (C=O) groups is 1. The Balaban J connectivity index is 1.63. The first-order valence-electron chi connectivity index (χ1n) is 10.3. The predicted molar refractivity (Wildman–Crippen MR) is 100 cm³/mol. The van der Waals surface area contributed by atoms with E-state index in [0.717, 1.165) is 45.1 Å². The Kier molecular flexibility index (Phi) is 4.20. The minimum atomic E-state index is -0.137. The number of Topliss-reactive ketones (excluding diaryl/α,β-unsaturated/α-hetero) is 1. The van der Waals surface area contributed by atoms with E-state index in [-0.39, 0.29) is 22.9 Å². The van der Waals surface area contributed by atoms with E-state index in [9.17, 15) is 9.90 Å². The Hall–Kier alpha value is -0.670. The lowest BCUT2D eigenvalue weighted by Crippen LogP contribution is -2.50. The highest BCUT2D eigenvalue weighted by atomic mass is 16.3. The van der Waals surface area contributed by atoms with Gasteiger partial charge in [0.1, 0.15) is 5.78 Å². The normalized spacial score (nSPS) is 49.4. The summed E-state index contributed by atoms with van der Waals surface area (Å²) in [7, 11) is 4.18. The number of ketones is 1. The van der Waals surface area contributed by atoms with E-state index in [2.05, 4.69) is 38.9 Å². The van der Waals surface area contributed by atoms with Crippen molar-refractivity contribution in [3.8, 4) is 0 Å². The first kappa shape index (κ1) is 17.7. The zero-order valence-electron chi connectivity index (χ0n) is 16.4. The Bertz CT molecular complexity index is 597. The molecule has 140 valence electrons. The van der Waals surface area contributed by atoms with Crippen molar-refractivity contribution < 1.29 is 9.90 Å². The van der Waals surface area contributed by atoms with Crippen molar-refractivity contribution in [3.05, 3.63) is 11.6 Å². The molecule has 4 aliphatic carbocycles. The maximum atomic E-state index is 13.2.